The molecule has 14 heteroatoms. The van der Waals surface area contributed by atoms with Gasteiger partial charge in [0.25, 0.3) is 0 Å². The minimum Gasteiger partial charge on any atom is -0.481 e. The largest absolute Gasteiger partial charge is 0.481 e. The van der Waals surface area contributed by atoms with E-state index in [1.165, 1.54) is 0 Å². The number of hydrogen-bond acceptors (Lipinski definition) is 8. The number of aliphatic hydroxyl groups is 1. The molecule has 0 aromatic heterocycles. The first-order valence-electron chi connectivity index (χ1n) is 7.89. The standard InChI is InChI=1S/C14H22N4O10/c15-4-9(20)16-8(5-19)13(26)18-7(3-11(23)24)12(25)17-6(14(27)28)1-2-10(21)22/h6-8,19H,1-5,15H2,(H,16,20)(H,17,25)(H,18,26)(H,21,22)(H,23,24)(H,27,28). The van der Waals surface area contributed by atoms with Crippen LogP contribution in [0.5, 0.6) is 0 Å². The number of aliphatic hydroxyl groups excluding tert-OH is 1. The van der Waals surface area contributed by atoms with E-state index >= 15 is 0 Å². The highest BCUT2D eigenvalue weighted by molar-refractivity contribution is 5.95. The Balaban J connectivity index is 5.21. The predicted octanol–water partition coefficient (Wildman–Crippen LogP) is -4.18. The smallest absolute Gasteiger partial charge is 0.326 e. The van der Waals surface area contributed by atoms with E-state index in [2.05, 4.69) is 0 Å². The Kier molecular flexibility index (Phi) is 10.8. The molecule has 0 aliphatic heterocycles. The van der Waals surface area contributed by atoms with Gasteiger partial charge in [0.2, 0.25) is 17.7 Å². The maximum atomic E-state index is 12.2. The summed E-state index contributed by atoms with van der Waals surface area (Å²) in [6.07, 6.45) is -1.99. The zero-order valence-electron chi connectivity index (χ0n) is 14.6. The summed E-state index contributed by atoms with van der Waals surface area (Å²) in [4.78, 5) is 68.1. The third-order valence-corrected chi connectivity index (χ3v) is 3.29. The zero-order valence-corrected chi connectivity index (χ0v) is 14.6. The highest BCUT2D eigenvalue weighted by Gasteiger charge is 2.30. The number of carbonyl (C=O) groups is 6. The van der Waals surface area contributed by atoms with E-state index in [1.807, 2.05) is 16.0 Å². The Morgan fingerprint density at radius 3 is 1.75 bits per heavy atom. The monoisotopic (exact) mass is 406 g/mol. The minimum atomic E-state index is -1.75. The Morgan fingerprint density at radius 1 is 0.786 bits per heavy atom. The molecule has 0 aromatic carbocycles. The summed E-state index contributed by atoms with van der Waals surface area (Å²) < 4.78 is 0. The van der Waals surface area contributed by atoms with Gasteiger partial charge in [-0.2, -0.15) is 0 Å². The van der Waals surface area contributed by atoms with Crippen molar-refractivity contribution >= 4 is 35.6 Å². The van der Waals surface area contributed by atoms with Crippen molar-refractivity contribution < 1.29 is 49.2 Å². The van der Waals surface area contributed by atoms with Gasteiger partial charge in [-0.05, 0) is 6.42 Å². The van der Waals surface area contributed by atoms with Gasteiger partial charge >= 0.3 is 17.9 Å². The lowest BCUT2D eigenvalue weighted by molar-refractivity contribution is -0.144. The van der Waals surface area contributed by atoms with E-state index in [4.69, 9.17) is 26.2 Å². The van der Waals surface area contributed by atoms with Crippen LogP contribution in [0.3, 0.4) is 0 Å². The molecule has 0 bridgehead atoms. The fourth-order valence-corrected chi connectivity index (χ4v) is 1.90. The second-order valence-corrected chi connectivity index (χ2v) is 5.50. The minimum absolute atomic E-state index is 0.476. The number of carbonyl (C=O) groups excluding carboxylic acids is 3. The number of nitrogens with one attached hydrogen (secondary N) is 3. The van der Waals surface area contributed by atoms with Gasteiger partial charge in [0.05, 0.1) is 19.6 Å². The summed E-state index contributed by atoms with van der Waals surface area (Å²) in [7, 11) is 0. The second-order valence-electron chi connectivity index (χ2n) is 5.50. The molecule has 0 radical (unpaired) electrons. The SMILES string of the molecule is NCC(=O)NC(CO)C(=O)NC(CC(=O)O)C(=O)NC(CCC(=O)O)C(=O)O. The normalized spacial score (nSPS) is 13.5. The van der Waals surface area contributed by atoms with Crippen LogP contribution in [0, 0.1) is 0 Å². The molecule has 0 fully saturated rings. The average molecular weight is 406 g/mol. The lowest BCUT2D eigenvalue weighted by Gasteiger charge is -2.22. The van der Waals surface area contributed by atoms with Crippen LogP contribution < -0.4 is 21.7 Å². The molecule has 0 aromatic rings. The first-order valence-corrected chi connectivity index (χ1v) is 7.89. The van der Waals surface area contributed by atoms with Gasteiger partial charge in [0, 0.05) is 6.42 Å². The van der Waals surface area contributed by atoms with Gasteiger partial charge in [-0.3, -0.25) is 24.0 Å². The number of carboxylic acids is 3. The molecule has 0 aliphatic rings. The lowest BCUT2D eigenvalue weighted by atomic mass is 10.1. The summed E-state index contributed by atoms with van der Waals surface area (Å²) in [5, 5.41) is 41.6. The fraction of sp³-hybridized carbons (Fsp3) is 0.571. The maximum absolute atomic E-state index is 12.2. The van der Waals surface area contributed by atoms with Gasteiger partial charge in [0.1, 0.15) is 18.1 Å². The molecule has 0 heterocycles. The van der Waals surface area contributed by atoms with Crippen LogP contribution in [0.2, 0.25) is 0 Å². The van der Waals surface area contributed by atoms with Crippen LogP contribution in [0.1, 0.15) is 19.3 Å². The van der Waals surface area contributed by atoms with E-state index in [0.717, 1.165) is 0 Å². The number of aliphatic carboxylic acids is 3. The maximum Gasteiger partial charge on any atom is 0.326 e. The van der Waals surface area contributed by atoms with Gasteiger partial charge in [-0.1, -0.05) is 0 Å². The molecular weight excluding hydrogens is 384 g/mol. The zero-order chi connectivity index (χ0) is 21.9. The average Bonchev–Trinajstić information content (AvgIpc) is 2.60. The predicted molar refractivity (Wildman–Crippen MR) is 88.7 cm³/mol. The summed E-state index contributed by atoms with van der Waals surface area (Å²) in [5.74, 6) is -7.48. The molecule has 28 heavy (non-hydrogen) atoms. The van der Waals surface area contributed by atoms with Crippen molar-refractivity contribution in [1.29, 1.82) is 0 Å². The molecule has 3 unspecified atom stereocenters. The molecule has 0 saturated heterocycles. The van der Waals surface area contributed by atoms with Gasteiger partial charge in [-0.25, -0.2) is 4.79 Å². The molecular formula is C14H22N4O10. The molecule has 0 saturated carbocycles. The Morgan fingerprint density at radius 2 is 1.32 bits per heavy atom. The number of rotatable bonds is 13. The van der Waals surface area contributed by atoms with Crippen LogP contribution in [-0.2, 0) is 28.8 Å². The first-order chi connectivity index (χ1) is 13.0. The van der Waals surface area contributed by atoms with Gasteiger partial charge in [0.15, 0.2) is 0 Å². The Labute approximate surface area is 158 Å². The molecule has 0 rings (SSSR count). The number of amides is 3. The van der Waals surface area contributed by atoms with E-state index in [0.29, 0.717) is 0 Å². The van der Waals surface area contributed by atoms with Crippen LogP contribution in [0.15, 0.2) is 0 Å². The molecule has 3 amide bonds. The van der Waals surface area contributed by atoms with Crippen molar-refractivity contribution in [2.24, 2.45) is 5.73 Å². The number of hydrogen-bond donors (Lipinski definition) is 8. The molecule has 0 aliphatic carbocycles. The highest BCUT2D eigenvalue weighted by Crippen LogP contribution is 2.02. The van der Waals surface area contributed by atoms with Crippen molar-refractivity contribution in [1.82, 2.24) is 16.0 Å². The quantitative estimate of drug-likeness (QED) is 0.146. The Bertz CT molecular complexity index is 623. The van der Waals surface area contributed by atoms with E-state index < -0.39 is 86.2 Å². The van der Waals surface area contributed by atoms with Crippen LogP contribution in [0.4, 0.5) is 0 Å². The number of nitrogens with two attached hydrogens (primary N) is 1. The summed E-state index contributed by atoms with van der Waals surface area (Å²) in [5.41, 5.74) is 5.06. The van der Waals surface area contributed by atoms with Gasteiger partial charge < -0.3 is 42.1 Å². The van der Waals surface area contributed by atoms with Crippen molar-refractivity contribution in [3.05, 3.63) is 0 Å². The molecule has 3 atom stereocenters. The summed E-state index contributed by atoms with van der Waals surface area (Å²) in [6.45, 7) is -1.37. The fourth-order valence-electron chi connectivity index (χ4n) is 1.90. The highest BCUT2D eigenvalue weighted by atomic mass is 16.4. The van der Waals surface area contributed by atoms with E-state index in [9.17, 15) is 28.8 Å². The van der Waals surface area contributed by atoms with Crippen molar-refractivity contribution in [2.45, 2.75) is 37.4 Å². The second kappa shape index (κ2) is 12.2. The summed E-state index contributed by atoms with van der Waals surface area (Å²) >= 11 is 0. The van der Waals surface area contributed by atoms with Crippen molar-refractivity contribution in [2.75, 3.05) is 13.2 Å². The van der Waals surface area contributed by atoms with Crippen LogP contribution in [-0.4, -0.2) is 87.3 Å². The van der Waals surface area contributed by atoms with E-state index in [-0.39, 0.29) is 0 Å². The van der Waals surface area contributed by atoms with Crippen LogP contribution >= 0.6 is 0 Å². The Hall–Kier alpha value is -3.26. The van der Waals surface area contributed by atoms with Gasteiger partial charge in [-0.15, -0.1) is 0 Å². The topological polar surface area (TPSA) is 245 Å². The molecule has 14 nitrogen and oxygen atoms in total. The lowest BCUT2D eigenvalue weighted by Crippen LogP contribution is -2.57. The molecule has 9 N–H and O–H groups in total. The summed E-state index contributed by atoms with van der Waals surface area (Å²) in [6, 6.07) is -4.91. The third-order valence-electron chi connectivity index (χ3n) is 3.29. The van der Waals surface area contributed by atoms with Crippen molar-refractivity contribution in [3.63, 3.8) is 0 Å². The molecule has 158 valence electrons. The van der Waals surface area contributed by atoms with E-state index in [1.54, 1.807) is 0 Å². The third kappa shape index (κ3) is 9.44. The first kappa shape index (κ1) is 24.7. The number of carboxylic acid groups (broad SMARTS) is 3. The van der Waals surface area contributed by atoms with Crippen LogP contribution in [0.25, 0.3) is 0 Å². The molecule has 0 spiro atoms. The van der Waals surface area contributed by atoms with Crippen molar-refractivity contribution in [3.8, 4) is 0 Å².